The molecule has 1 unspecified atom stereocenters. The summed E-state index contributed by atoms with van der Waals surface area (Å²) < 4.78 is 0. The standard InChI is InChI=1S/C12H21NO/c1-4-6-11(14)13-10-7-5-8-12(2,3)9-10/h4,6,10H,5,7-9H2,1-3H3,(H,13,14)/b6-4+. The van der Waals surface area contributed by atoms with E-state index in [4.69, 9.17) is 0 Å². The fourth-order valence-electron chi connectivity index (χ4n) is 2.22. The predicted molar refractivity (Wildman–Crippen MR) is 59.0 cm³/mol. The van der Waals surface area contributed by atoms with E-state index in [-0.39, 0.29) is 5.91 Å². The van der Waals surface area contributed by atoms with E-state index in [9.17, 15) is 4.79 Å². The molecule has 1 rings (SSSR count). The second-order valence-electron chi connectivity index (χ2n) is 4.97. The molecule has 0 saturated heterocycles. The molecule has 1 saturated carbocycles. The van der Waals surface area contributed by atoms with Crippen molar-refractivity contribution >= 4 is 5.91 Å². The Morgan fingerprint density at radius 3 is 2.79 bits per heavy atom. The zero-order valence-electron chi connectivity index (χ0n) is 9.47. The topological polar surface area (TPSA) is 29.1 Å². The Kier molecular flexibility index (Phi) is 3.73. The van der Waals surface area contributed by atoms with Gasteiger partial charge in [-0.2, -0.15) is 0 Å². The van der Waals surface area contributed by atoms with Crippen molar-refractivity contribution in [2.45, 2.75) is 52.5 Å². The van der Waals surface area contributed by atoms with Gasteiger partial charge >= 0.3 is 0 Å². The van der Waals surface area contributed by atoms with Gasteiger partial charge in [0.05, 0.1) is 0 Å². The lowest BCUT2D eigenvalue weighted by Gasteiger charge is -2.35. The first-order chi connectivity index (χ1) is 6.53. The van der Waals surface area contributed by atoms with Crippen LogP contribution in [0.1, 0.15) is 46.5 Å². The van der Waals surface area contributed by atoms with Crippen molar-refractivity contribution in [2.24, 2.45) is 5.41 Å². The van der Waals surface area contributed by atoms with Gasteiger partial charge in [0.2, 0.25) is 5.91 Å². The van der Waals surface area contributed by atoms with Crippen molar-refractivity contribution in [3.63, 3.8) is 0 Å². The molecule has 0 aliphatic heterocycles. The third kappa shape index (κ3) is 3.52. The first kappa shape index (κ1) is 11.3. The fraction of sp³-hybridized carbons (Fsp3) is 0.750. The number of amides is 1. The molecule has 1 atom stereocenters. The molecule has 1 amide bonds. The predicted octanol–water partition coefficient (Wildman–Crippen LogP) is 2.65. The van der Waals surface area contributed by atoms with E-state index in [0.29, 0.717) is 11.5 Å². The van der Waals surface area contributed by atoms with Crippen LogP contribution in [0, 0.1) is 5.41 Å². The lowest BCUT2D eigenvalue weighted by Crippen LogP contribution is -2.39. The van der Waals surface area contributed by atoms with Crippen LogP contribution in [0.25, 0.3) is 0 Å². The van der Waals surface area contributed by atoms with Crippen molar-refractivity contribution in [3.05, 3.63) is 12.2 Å². The van der Waals surface area contributed by atoms with Crippen LogP contribution in [0.3, 0.4) is 0 Å². The van der Waals surface area contributed by atoms with Crippen LogP contribution in [0.15, 0.2) is 12.2 Å². The van der Waals surface area contributed by atoms with E-state index < -0.39 is 0 Å². The maximum atomic E-state index is 11.3. The Bertz CT molecular complexity index is 230. The zero-order chi connectivity index (χ0) is 10.6. The first-order valence-electron chi connectivity index (χ1n) is 5.47. The molecule has 1 aliphatic carbocycles. The number of allylic oxidation sites excluding steroid dienone is 1. The summed E-state index contributed by atoms with van der Waals surface area (Å²) in [7, 11) is 0. The normalized spacial score (nSPS) is 26.4. The molecule has 1 fully saturated rings. The Labute approximate surface area is 86.8 Å². The number of nitrogens with one attached hydrogen (secondary N) is 1. The lowest BCUT2D eigenvalue weighted by molar-refractivity contribution is -0.117. The fourth-order valence-corrected chi connectivity index (χ4v) is 2.22. The third-order valence-electron chi connectivity index (χ3n) is 2.87. The molecule has 0 heterocycles. The second kappa shape index (κ2) is 4.63. The number of hydrogen-bond acceptors (Lipinski definition) is 1. The summed E-state index contributed by atoms with van der Waals surface area (Å²) in [5.74, 6) is 0.0511. The van der Waals surface area contributed by atoms with Crippen molar-refractivity contribution < 1.29 is 4.79 Å². The Morgan fingerprint density at radius 1 is 1.50 bits per heavy atom. The van der Waals surface area contributed by atoms with Gasteiger partial charge < -0.3 is 5.32 Å². The number of rotatable bonds is 2. The Morgan fingerprint density at radius 2 is 2.21 bits per heavy atom. The van der Waals surface area contributed by atoms with Gasteiger partial charge in [-0.3, -0.25) is 4.79 Å². The summed E-state index contributed by atoms with van der Waals surface area (Å²) in [4.78, 5) is 11.3. The molecule has 0 aromatic carbocycles. The average Bonchev–Trinajstić information content (AvgIpc) is 2.02. The molecule has 2 nitrogen and oxygen atoms in total. The quantitative estimate of drug-likeness (QED) is 0.674. The van der Waals surface area contributed by atoms with Crippen LogP contribution < -0.4 is 5.32 Å². The first-order valence-corrected chi connectivity index (χ1v) is 5.47. The summed E-state index contributed by atoms with van der Waals surface area (Å²) >= 11 is 0. The van der Waals surface area contributed by atoms with Gasteiger partial charge in [-0.05, 0) is 37.7 Å². The molecule has 2 heteroatoms. The second-order valence-corrected chi connectivity index (χ2v) is 4.97. The van der Waals surface area contributed by atoms with E-state index in [1.54, 1.807) is 12.2 Å². The van der Waals surface area contributed by atoms with Crippen LogP contribution >= 0.6 is 0 Å². The van der Waals surface area contributed by atoms with Gasteiger partial charge in [-0.1, -0.05) is 26.3 Å². The largest absolute Gasteiger partial charge is 0.350 e. The smallest absolute Gasteiger partial charge is 0.243 e. The molecule has 0 aromatic rings. The Balaban J connectivity index is 2.42. The summed E-state index contributed by atoms with van der Waals surface area (Å²) in [5.41, 5.74) is 0.395. The highest BCUT2D eigenvalue weighted by molar-refractivity contribution is 5.87. The van der Waals surface area contributed by atoms with Gasteiger partial charge in [0.15, 0.2) is 0 Å². The van der Waals surface area contributed by atoms with Crippen LogP contribution in [0.4, 0.5) is 0 Å². The molecular weight excluding hydrogens is 174 g/mol. The molecule has 0 radical (unpaired) electrons. The van der Waals surface area contributed by atoms with Crippen LogP contribution in [-0.4, -0.2) is 11.9 Å². The molecule has 80 valence electrons. The zero-order valence-corrected chi connectivity index (χ0v) is 9.47. The van der Waals surface area contributed by atoms with Gasteiger partial charge in [-0.15, -0.1) is 0 Å². The van der Waals surface area contributed by atoms with Crippen molar-refractivity contribution in [1.29, 1.82) is 0 Å². The van der Waals surface area contributed by atoms with E-state index >= 15 is 0 Å². The molecule has 1 aliphatic rings. The number of hydrogen-bond donors (Lipinski definition) is 1. The highest BCUT2D eigenvalue weighted by atomic mass is 16.1. The highest BCUT2D eigenvalue weighted by Crippen LogP contribution is 2.34. The summed E-state index contributed by atoms with van der Waals surface area (Å²) in [5, 5.41) is 3.05. The van der Waals surface area contributed by atoms with Gasteiger partial charge in [0.1, 0.15) is 0 Å². The van der Waals surface area contributed by atoms with E-state index in [1.807, 2.05) is 6.92 Å². The van der Waals surface area contributed by atoms with E-state index in [1.165, 1.54) is 12.8 Å². The van der Waals surface area contributed by atoms with Crippen molar-refractivity contribution in [3.8, 4) is 0 Å². The van der Waals surface area contributed by atoms with Crippen LogP contribution in [0.5, 0.6) is 0 Å². The van der Waals surface area contributed by atoms with E-state index in [2.05, 4.69) is 19.2 Å². The SMILES string of the molecule is C/C=C/C(=O)NC1CCCC(C)(C)C1. The molecular formula is C12H21NO. The highest BCUT2D eigenvalue weighted by Gasteiger charge is 2.28. The van der Waals surface area contributed by atoms with E-state index in [0.717, 1.165) is 12.8 Å². The average molecular weight is 195 g/mol. The third-order valence-corrected chi connectivity index (χ3v) is 2.87. The van der Waals surface area contributed by atoms with Gasteiger partial charge in [-0.25, -0.2) is 0 Å². The van der Waals surface area contributed by atoms with Gasteiger partial charge in [0, 0.05) is 6.04 Å². The molecule has 1 N–H and O–H groups in total. The Hall–Kier alpha value is -0.790. The maximum absolute atomic E-state index is 11.3. The van der Waals surface area contributed by atoms with Crippen molar-refractivity contribution in [1.82, 2.24) is 5.32 Å². The molecule has 0 aromatic heterocycles. The molecule has 14 heavy (non-hydrogen) atoms. The molecule has 0 spiro atoms. The summed E-state index contributed by atoms with van der Waals surface area (Å²) in [6.45, 7) is 6.42. The summed E-state index contributed by atoms with van der Waals surface area (Å²) in [6, 6.07) is 0.377. The van der Waals surface area contributed by atoms with Crippen molar-refractivity contribution in [2.75, 3.05) is 0 Å². The minimum absolute atomic E-state index is 0.0511. The minimum atomic E-state index is 0.0511. The monoisotopic (exact) mass is 195 g/mol. The van der Waals surface area contributed by atoms with Crippen LogP contribution in [0.2, 0.25) is 0 Å². The molecule has 0 bridgehead atoms. The number of carbonyl (C=O) groups excluding carboxylic acids is 1. The van der Waals surface area contributed by atoms with Gasteiger partial charge in [0.25, 0.3) is 0 Å². The van der Waals surface area contributed by atoms with Crippen LogP contribution in [-0.2, 0) is 4.79 Å². The summed E-state index contributed by atoms with van der Waals surface area (Å²) in [6.07, 6.45) is 8.13. The number of carbonyl (C=O) groups is 1. The lowest BCUT2D eigenvalue weighted by atomic mass is 9.75. The minimum Gasteiger partial charge on any atom is -0.350 e. The maximum Gasteiger partial charge on any atom is 0.243 e.